The molecule has 2 atom stereocenters. The van der Waals surface area contributed by atoms with Crippen molar-refractivity contribution in [2.24, 2.45) is 5.92 Å². The number of benzene rings is 2. The van der Waals surface area contributed by atoms with E-state index in [0.29, 0.717) is 19.1 Å². The number of aldehydes is 1. The second-order valence-electron chi connectivity index (χ2n) is 6.71. The Labute approximate surface area is 159 Å². The van der Waals surface area contributed by atoms with Crippen LogP contribution in [0.3, 0.4) is 0 Å². The van der Waals surface area contributed by atoms with Gasteiger partial charge in [0.1, 0.15) is 6.29 Å². The molecule has 0 fully saturated rings. The SMILES string of the molecule is CC(C[C@@H](Cc1ccc(-c2ccccc2)cc1)NC(=O)CCC=O)C(=O)O. The van der Waals surface area contributed by atoms with E-state index in [-0.39, 0.29) is 24.8 Å². The molecule has 142 valence electrons. The Bertz CT molecular complexity index is 756. The van der Waals surface area contributed by atoms with Crippen molar-refractivity contribution in [2.75, 3.05) is 0 Å². The van der Waals surface area contributed by atoms with E-state index in [4.69, 9.17) is 0 Å². The molecule has 0 saturated carbocycles. The van der Waals surface area contributed by atoms with Crippen LogP contribution in [0.5, 0.6) is 0 Å². The number of hydrogen-bond acceptors (Lipinski definition) is 3. The van der Waals surface area contributed by atoms with Crippen molar-refractivity contribution in [3.05, 3.63) is 60.2 Å². The highest BCUT2D eigenvalue weighted by Gasteiger charge is 2.20. The highest BCUT2D eigenvalue weighted by atomic mass is 16.4. The molecule has 5 nitrogen and oxygen atoms in total. The third-order valence-corrected chi connectivity index (χ3v) is 4.46. The van der Waals surface area contributed by atoms with Crippen molar-refractivity contribution >= 4 is 18.2 Å². The van der Waals surface area contributed by atoms with Gasteiger partial charge in [-0.3, -0.25) is 9.59 Å². The lowest BCUT2D eigenvalue weighted by Gasteiger charge is -2.21. The third kappa shape index (κ3) is 6.70. The van der Waals surface area contributed by atoms with E-state index in [1.54, 1.807) is 6.92 Å². The summed E-state index contributed by atoms with van der Waals surface area (Å²) >= 11 is 0. The zero-order valence-electron chi connectivity index (χ0n) is 15.4. The van der Waals surface area contributed by atoms with Crippen LogP contribution >= 0.6 is 0 Å². The quantitative estimate of drug-likeness (QED) is 0.630. The maximum absolute atomic E-state index is 12.0. The number of aliphatic carboxylic acids is 1. The van der Waals surface area contributed by atoms with Gasteiger partial charge in [-0.1, -0.05) is 61.5 Å². The van der Waals surface area contributed by atoms with Crippen LogP contribution in [0.25, 0.3) is 11.1 Å². The molecule has 2 aromatic carbocycles. The molecule has 0 aromatic heterocycles. The smallest absolute Gasteiger partial charge is 0.306 e. The van der Waals surface area contributed by atoms with Crippen molar-refractivity contribution in [1.82, 2.24) is 5.32 Å². The first-order chi connectivity index (χ1) is 13.0. The summed E-state index contributed by atoms with van der Waals surface area (Å²) in [6, 6.07) is 17.8. The van der Waals surface area contributed by atoms with Gasteiger partial charge in [-0.05, 0) is 29.5 Å². The zero-order valence-corrected chi connectivity index (χ0v) is 15.4. The largest absolute Gasteiger partial charge is 0.481 e. The van der Waals surface area contributed by atoms with Gasteiger partial charge in [-0.15, -0.1) is 0 Å². The summed E-state index contributed by atoms with van der Waals surface area (Å²) in [6.45, 7) is 1.63. The van der Waals surface area contributed by atoms with Gasteiger partial charge >= 0.3 is 5.97 Å². The van der Waals surface area contributed by atoms with E-state index < -0.39 is 11.9 Å². The Morgan fingerprint density at radius 1 is 1.04 bits per heavy atom. The molecule has 0 bridgehead atoms. The molecule has 2 aromatic rings. The fraction of sp³-hybridized carbons (Fsp3) is 0.318. The third-order valence-electron chi connectivity index (χ3n) is 4.46. The van der Waals surface area contributed by atoms with E-state index in [1.165, 1.54) is 0 Å². The summed E-state index contributed by atoms with van der Waals surface area (Å²) in [5.74, 6) is -1.68. The molecule has 1 amide bonds. The van der Waals surface area contributed by atoms with Crippen molar-refractivity contribution in [3.63, 3.8) is 0 Å². The highest BCUT2D eigenvalue weighted by molar-refractivity contribution is 5.78. The number of carbonyl (C=O) groups excluding carboxylic acids is 2. The lowest BCUT2D eigenvalue weighted by Crippen LogP contribution is -2.38. The first-order valence-corrected chi connectivity index (χ1v) is 9.09. The molecule has 0 aliphatic rings. The van der Waals surface area contributed by atoms with Crippen molar-refractivity contribution in [3.8, 4) is 11.1 Å². The second-order valence-corrected chi connectivity index (χ2v) is 6.71. The van der Waals surface area contributed by atoms with E-state index in [2.05, 4.69) is 5.32 Å². The lowest BCUT2D eigenvalue weighted by molar-refractivity contribution is -0.141. The normalized spacial score (nSPS) is 12.8. The van der Waals surface area contributed by atoms with Crippen LogP contribution in [0, 0.1) is 5.92 Å². The Hall–Kier alpha value is -2.95. The molecule has 0 aliphatic carbocycles. The molecule has 5 heteroatoms. The predicted octanol–water partition coefficient (Wildman–Crippen LogP) is 3.47. The minimum absolute atomic E-state index is 0.119. The van der Waals surface area contributed by atoms with Crippen LogP contribution in [0.1, 0.15) is 31.7 Å². The molecule has 0 saturated heterocycles. The topological polar surface area (TPSA) is 83.5 Å². The van der Waals surface area contributed by atoms with E-state index >= 15 is 0 Å². The summed E-state index contributed by atoms with van der Waals surface area (Å²) in [5.41, 5.74) is 3.25. The molecule has 0 radical (unpaired) electrons. The first kappa shape index (κ1) is 20.4. The molecule has 2 N–H and O–H groups in total. The monoisotopic (exact) mass is 367 g/mol. The zero-order chi connectivity index (χ0) is 19.6. The van der Waals surface area contributed by atoms with Crippen LogP contribution in [0.2, 0.25) is 0 Å². The number of carboxylic acid groups (broad SMARTS) is 1. The summed E-state index contributed by atoms with van der Waals surface area (Å²) in [6.07, 6.45) is 1.87. The van der Waals surface area contributed by atoms with Crippen LogP contribution in [-0.4, -0.2) is 29.3 Å². The fourth-order valence-electron chi connectivity index (χ4n) is 2.96. The number of hydrogen-bond donors (Lipinski definition) is 2. The average Bonchev–Trinajstić information content (AvgIpc) is 2.67. The first-order valence-electron chi connectivity index (χ1n) is 9.09. The fourth-order valence-corrected chi connectivity index (χ4v) is 2.96. The Kier molecular flexibility index (Phi) is 7.74. The predicted molar refractivity (Wildman–Crippen MR) is 104 cm³/mol. The number of nitrogens with one attached hydrogen (secondary N) is 1. The minimum atomic E-state index is -0.887. The maximum atomic E-state index is 12.0. The summed E-state index contributed by atoms with van der Waals surface area (Å²) < 4.78 is 0. The lowest BCUT2D eigenvalue weighted by atomic mass is 9.95. The number of amides is 1. The van der Waals surface area contributed by atoms with Gasteiger partial charge in [-0.2, -0.15) is 0 Å². The number of carbonyl (C=O) groups is 3. The van der Waals surface area contributed by atoms with E-state index in [1.807, 2.05) is 54.6 Å². The van der Waals surface area contributed by atoms with Crippen LogP contribution in [0.15, 0.2) is 54.6 Å². The van der Waals surface area contributed by atoms with Gasteiger partial charge in [0.05, 0.1) is 5.92 Å². The van der Waals surface area contributed by atoms with Gasteiger partial charge in [0, 0.05) is 18.9 Å². The van der Waals surface area contributed by atoms with Gasteiger partial charge in [-0.25, -0.2) is 0 Å². The summed E-state index contributed by atoms with van der Waals surface area (Å²) in [4.78, 5) is 33.6. The van der Waals surface area contributed by atoms with Crippen molar-refractivity contribution < 1.29 is 19.5 Å². The van der Waals surface area contributed by atoms with Crippen LogP contribution in [-0.2, 0) is 20.8 Å². The second kappa shape index (κ2) is 10.3. The van der Waals surface area contributed by atoms with Crippen molar-refractivity contribution in [2.45, 2.75) is 38.6 Å². The average molecular weight is 367 g/mol. The molecule has 0 spiro atoms. The number of rotatable bonds is 10. The van der Waals surface area contributed by atoms with Crippen molar-refractivity contribution in [1.29, 1.82) is 0 Å². The van der Waals surface area contributed by atoms with Gasteiger partial charge in [0.2, 0.25) is 5.91 Å². The Morgan fingerprint density at radius 2 is 1.67 bits per heavy atom. The minimum Gasteiger partial charge on any atom is -0.481 e. The molecule has 1 unspecified atom stereocenters. The Morgan fingerprint density at radius 3 is 2.26 bits per heavy atom. The van der Waals surface area contributed by atoms with Crippen LogP contribution < -0.4 is 5.32 Å². The maximum Gasteiger partial charge on any atom is 0.306 e. The molecule has 2 rings (SSSR count). The Balaban J connectivity index is 2.07. The molecular formula is C22H25NO4. The highest BCUT2D eigenvalue weighted by Crippen LogP contribution is 2.20. The van der Waals surface area contributed by atoms with Crippen LogP contribution in [0.4, 0.5) is 0 Å². The van der Waals surface area contributed by atoms with E-state index in [0.717, 1.165) is 16.7 Å². The number of carboxylic acids is 1. The van der Waals surface area contributed by atoms with Gasteiger partial charge in [0.25, 0.3) is 0 Å². The standard InChI is InChI=1S/C22H25NO4/c1-16(22(26)27)14-20(23-21(25)8-5-13-24)15-17-9-11-19(12-10-17)18-6-3-2-4-7-18/h2-4,6-7,9-13,16,20H,5,8,14-15H2,1H3,(H,23,25)(H,26,27)/t16?,20-/m0/s1. The van der Waals surface area contributed by atoms with Gasteiger partial charge in [0.15, 0.2) is 0 Å². The summed E-state index contributed by atoms with van der Waals surface area (Å²) in [7, 11) is 0. The van der Waals surface area contributed by atoms with E-state index in [9.17, 15) is 19.5 Å². The molecule has 0 aliphatic heterocycles. The molecule has 0 heterocycles. The summed E-state index contributed by atoms with van der Waals surface area (Å²) in [5, 5.41) is 12.0. The molecule has 27 heavy (non-hydrogen) atoms. The van der Waals surface area contributed by atoms with Gasteiger partial charge < -0.3 is 15.2 Å². The molecular weight excluding hydrogens is 342 g/mol.